The van der Waals surface area contributed by atoms with E-state index in [4.69, 9.17) is 9.52 Å². The molecule has 1 aliphatic heterocycles. The summed E-state index contributed by atoms with van der Waals surface area (Å²) in [5.41, 5.74) is 2.14. The molecule has 1 aromatic heterocycles. The first kappa shape index (κ1) is 21.4. The predicted molar refractivity (Wildman–Crippen MR) is 117 cm³/mol. The first-order valence-corrected chi connectivity index (χ1v) is 11.1. The highest BCUT2D eigenvalue weighted by atomic mass is 16.4. The number of carbonyl (C=O) groups is 2. The summed E-state index contributed by atoms with van der Waals surface area (Å²) in [5, 5.41) is 16.0. The Morgan fingerprint density at radius 1 is 1.19 bits per heavy atom. The van der Waals surface area contributed by atoms with Crippen molar-refractivity contribution >= 4 is 23.6 Å². The number of carbonyl (C=O) groups excluding carboxylic acids is 1. The van der Waals surface area contributed by atoms with Crippen molar-refractivity contribution in [3.05, 3.63) is 41.8 Å². The molecule has 1 saturated carbocycles. The highest BCUT2D eigenvalue weighted by Crippen LogP contribution is 2.38. The smallest absolute Gasteiger partial charge is 0.357 e. The highest BCUT2D eigenvalue weighted by molar-refractivity contribution is 5.95. The third kappa shape index (κ3) is 4.58. The number of benzene rings is 1. The number of fused-ring (bicyclic) bond motifs is 1. The van der Waals surface area contributed by atoms with E-state index in [1.54, 1.807) is 0 Å². The van der Waals surface area contributed by atoms with Gasteiger partial charge in [0.1, 0.15) is 6.26 Å². The Morgan fingerprint density at radius 3 is 2.58 bits per heavy atom. The predicted octanol–water partition coefficient (Wildman–Crippen LogP) is 3.96. The van der Waals surface area contributed by atoms with Crippen LogP contribution in [-0.2, 0) is 4.79 Å². The first-order chi connectivity index (χ1) is 15.0. The topological polar surface area (TPSA) is 108 Å². The van der Waals surface area contributed by atoms with Crippen molar-refractivity contribution in [3.8, 4) is 0 Å². The zero-order valence-electron chi connectivity index (χ0n) is 18.0. The molecule has 2 aliphatic rings. The molecule has 166 valence electrons. The number of amides is 1. The van der Waals surface area contributed by atoms with Crippen LogP contribution < -0.4 is 15.5 Å². The number of aromatic carboxylic acids is 1. The van der Waals surface area contributed by atoms with E-state index in [9.17, 15) is 9.59 Å². The summed E-state index contributed by atoms with van der Waals surface area (Å²) in [5.74, 6) is -0.923. The number of nitrogens with one attached hydrogen (secondary N) is 2. The van der Waals surface area contributed by atoms with Crippen molar-refractivity contribution < 1.29 is 19.1 Å². The lowest BCUT2D eigenvalue weighted by molar-refractivity contribution is -0.118. The van der Waals surface area contributed by atoms with Gasteiger partial charge >= 0.3 is 5.97 Å². The van der Waals surface area contributed by atoms with Gasteiger partial charge in [-0.2, -0.15) is 4.98 Å². The van der Waals surface area contributed by atoms with Gasteiger partial charge in [0.2, 0.25) is 5.91 Å². The second kappa shape index (κ2) is 9.09. The molecule has 2 heterocycles. The Bertz CT molecular complexity index is 935. The molecule has 31 heavy (non-hydrogen) atoms. The molecule has 0 unspecified atom stereocenters. The molecule has 0 saturated heterocycles. The second-order valence-electron chi connectivity index (χ2n) is 8.52. The van der Waals surface area contributed by atoms with Crippen LogP contribution in [0.5, 0.6) is 0 Å². The molecule has 3 N–H and O–H groups in total. The number of carboxylic acids is 1. The normalized spacial score (nSPS) is 25.7. The molecule has 1 aromatic carbocycles. The lowest BCUT2D eigenvalue weighted by Gasteiger charge is -2.41. The van der Waals surface area contributed by atoms with Crippen molar-refractivity contribution in [1.82, 2.24) is 10.3 Å². The lowest BCUT2D eigenvalue weighted by Crippen LogP contribution is -2.47. The molecule has 4 rings (SSSR count). The molecule has 2 atom stereocenters. The van der Waals surface area contributed by atoms with Crippen LogP contribution in [0.4, 0.5) is 11.7 Å². The van der Waals surface area contributed by atoms with Gasteiger partial charge in [-0.05, 0) is 50.7 Å². The zero-order chi connectivity index (χ0) is 22.0. The van der Waals surface area contributed by atoms with Gasteiger partial charge in [-0.15, -0.1) is 0 Å². The Hall–Kier alpha value is -2.87. The van der Waals surface area contributed by atoms with Crippen molar-refractivity contribution in [3.63, 3.8) is 0 Å². The number of rotatable bonds is 6. The summed E-state index contributed by atoms with van der Waals surface area (Å²) in [7, 11) is 0. The van der Waals surface area contributed by atoms with Crippen LogP contribution >= 0.6 is 0 Å². The van der Waals surface area contributed by atoms with Crippen molar-refractivity contribution in [1.29, 1.82) is 0 Å². The van der Waals surface area contributed by atoms with E-state index in [0.717, 1.165) is 44.1 Å². The summed E-state index contributed by atoms with van der Waals surface area (Å²) < 4.78 is 5.22. The monoisotopic (exact) mass is 426 g/mol. The molecular formula is C23H30N4O4. The van der Waals surface area contributed by atoms with Crippen molar-refractivity contribution in [2.75, 3.05) is 10.2 Å². The van der Waals surface area contributed by atoms with E-state index in [2.05, 4.69) is 34.7 Å². The molecule has 0 bridgehead atoms. The maximum Gasteiger partial charge on any atom is 0.357 e. The number of carboxylic acid groups (broad SMARTS) is 1. The van der Waals surface area contributed by atoms with Crippen molar-refractivity contribution in [2.24, 2.45) is 0 Å². The fourth-order valence-corrected chi connectivity index (χ4v) is 4.82. The van der Waals surface area contributed by atoms with E-state index < -0.39 is 5.97 Å². The van der Waals surface area contributed by atoms with Gasteiger partial charge in [0.15, 0.2) is 5.69 Å². The molecule has 8 heteroatoms. The molecule has 0 spiro atoms. The van der Waals surface area contributed by atoms with Gasteiger partial charge in [0.05, 0.1) is 0 Å². The minimum absolute atomic E-state index is 0.0847. The van der Waals surface area contributed by atoms with E-state index >= 15 is 0 Å². The minimum Gasteiger partial charge on any atom is -0.476 e. The summed E-state index contributed by atoms with van der Waals surface area (Å²) in [4.78, 5) is 29.4. The fourth-order valence-electron chi connectivity index (χ4n) is 4.82. The summed E-state index contributed by atoms with van der Waals surface area (Å²) >= 11 is 0. The fraction of sp³-hybridized carbons (Fsp3) is 0.522. The summed E-state index contributed by atoms with van der Waals surface area (Å²) in [6, 6.07) is 9.49. The summed E-state index contributed by atoms with van der Waals surface area (Å²) in [6.45, 7) is 4.04. The highest BCUT2D eigenvalue weighted by Gasteiger charge is 2.34. The third-order valence-electron chi connectivity index (χ3n) is 6.38. The second-order valence-corrected chi connectivity index (χ2v) is 8.52. The van der Waals surface area contributed by atoms with Gasteiger partial charge in [-0.1, -0.05) is 25.1 Å². The molecule has 1 aliphatic carbocycles. The Morgan fingerprint density at radius 2 is 1.90 bits per heavy atom. The average molecular weight is 427 g/mol. The van der Waals surface area contributed by atoms with Crippen LogP contribution in [0.25, 0.3) is 0 Å². The number of hydrogen-bond acceptors (Lipinski definition) is 6. The van der Waals surface area contributed by atoms with E-state index in [1.807, 2.05) is 24.0 Å². The Kier molecular flexibility index (Phi) is 6.27. The van der Waals surface area contributed by atoms with Crippen LogP contribution in [0.3, 0.4) is 0 Å². The number of hydrogen-bond donors (Lipinski definition) is 3. The van der Waals surface area contributed by atoms with E-state index in [0.29, 0.717) is 12.5 Å². The van der Waals surface area contributed by atoms with Gasteiger partial charge < -0.3 is 25.1 Å². The molecule has 0 radical (unpaired) electrons. The minimum atomic E-state index is -1.09. The zero-order valence-corrected chi connectivity index (χ0v) is 18.0. The van der Waals surface area contributed by atoms with Crippen LogP contribution in [-0.4, -0.2) is 40.1 Å². The summed E-state index contributed by atoms with van der Waals surface area (Å²) in [6.07, 6.45) is 6.48. The Balaban J connectivity index is 1.36. The van der Waals surface area contributed by atoms with E-state index in [1.165, 1.54) is 5.56 Å². The quantitative estimate of drug-likeness (QED) is 0.642. The van der Waals surface area contributed by atoms with Crippen LogP contribution in [0.2, 0.25) is 0 Å². The standard InChI is InChI=1S/C23H30N4O4/c1-3-21(28)27-14(2)12-18(17-6-4-5-7-20(17)27)24-15-8-10-16(11-9-15)25-23-26-19(13-31-23)22(29)30/h4-7,13-16,18,24H,3,8-12H2,1-2H3,(H,25,26)(H,29,30)/t14-,15?,16?,18+/m0/s1. The third-order valence-corrected chi connectivity index (χ3v) is 6.38. The van der Waals surface area contributed by atoms with Crippen molar-refractivity contribution in [2.45, 2.75) is 76.5 Å². The van der Waals surface area contributed by atoms with Gasteiger partial charge in [0.25, 0.3) is 6.01 Å². The average Bonchev–Trinajstić information content (AvgIpc) is 3.24. The van der Waals surface area contributed by atoms with Gasteiger partial charge in [-0.25, -0.2) is 4.79 Å². The molecule has 1 amide bonds. The van der Waals surface area contributed by atoms with Crippen LogP contribution in [0.1, 0.15) is 74.5 Å². The first-order valence-electron chi connectivity index (χ1n) is 11.1. The number of para-hydroxylation sites is 1. The molecule has 8 nitrogen and oxygen atoms in total. The van der Waals surface area contributed by atoms with Gasteiger partial charge in [0, 0.05) is 36.3 Å². The van der Waals surface area contributed by atoms with Gasteiger partial charge in [-0.3, -0.25) is 4.79 Å². The molecular weight excluding hydrogens is 396 g/mol. The number of aromatic nitrogens is 1. The largest absolute Gasteiger partial charge is 0.476 e. The number of nitrogens with zero attached hydrogens (tertiary/aromatic N) is 2. The molecule has 2 aromatic rings. The molecule has 1 fully saturated rings. The number of anilines is 2. The van der Waals surface area contributed by atoms with Crippen LogP contribution in [0.15, 0.2) is 34.9 Å². The Labute approximate surface area is 182 Å². The lowest BCUT2D eigenvalue weighted by atomic mass is 9.87. The maximum atomic E-state index is 12.5. The number of oxazole rings is 1. The SMILES string of the molecule is CCC(=O)N1c2ccccc2[C@H](NC2CCC(Nc3nc(C(=O)O)co3)CC2)C[C@@H]1C. The maximum absolute atomic E-state index is 12.5. The van der Waals surface area contributed by atoms with Crippen LogP contribution in [0, 0.1) is 0 Å². The van der Waals surface area contributed by atoms with E-state index in [-0.39, 0.29) is 35.7 Å².